The summed E-state index contributed by atoms with van der Waals surface area (Å²) in [5.41, 5.74) is 1.08. The summed E-state index contributed by atoms with van der Waals surface area (Å²) in [4.78, 5) is 11.0. The third-order valence-electron chi connectivity index (χ3n) is 2.33. The van der Waals surface area contributed by atoms with Crippen molar-refractivity contribution in [2.75, 3.05) is 6.61 Å². The number of hydrogen-bond acceptors (Lipinski definition) is 2. The highest BCUT2D eigenvalue weighted by molar-refractivity contribution is 5.92. The number of carboxylic acids is 1. The van der Waals surface area contributed by atoms with Crippen molar-refractivity contribution in [2.24, 2.45) is 0 Å². The molecule has 0 saturated heterocycles. The maximum Gasteiger partial charge on any atom is 0.339 e. The van der Waals surface area contributed by atoms with Crippen molar-refractivity contribution in [2.45, 2.75) is 12.8 Å². The Morgan fingerprint density at radius 3 is 3.07 bits per heavy atom. The number of rotatable bonds is 1. The first-order valence-corrected chi connectivity index (χ1v) is 4.94. The molecule has 1 heterocycles. The van der Waals surface area contributed by atoms with Gasteiger partial charge in [-0.2, -0.15) is 0 Å². The quantitative estimate of drug-likeness (QED) is 0.764. The number of fused-ring (bicyclic) bond motifs is 1. The highest BCUT2D eigenvalue weighted by Gasteiger charge is 2.14. The molecule has 2 rings (SSSR count). The Morgan fingerprint density at radius 1 is 1.40 bits per heavy atom. The number of para-hydroxylation sites is 1. The molecule has 1 aromatic rings. The van der Waals surface area contributed by atoms with Crippen LogP contribution in [0.4, 0.5) is 0 Å². The minimum Gasteiger partial charge on any atom is -0.492 e. The predicted octanol–water partition coefficient (Wildman–Crippen LogP) is 2.57. The number of carbonyl (C=O) groups is 1. The van der Waals surface area contributed by atoms with Crippen molar-refractivity contribution < 1.29 is 14.6 Å². The Balaban J connectivity index is 2.51. The second-order valence-electron chi connectivity index (χ2n) is 3.42. The second kappa shape index (κ2) is 4.17. The molecule has 0 amide bonds. The monoisotopic (exact) mass is 204 g/mol. The molecule has 0 saturated carbocycles. The van der Waals surface area contributed by atoms with Crippen LogP contribution in [0.15, 0.2) is 24.3 Å². The fourth-order valence-corrected chi connectivity index (χ4v) is 1.60. The van der Waals surface area contributed by atoms with Gasteiger partial charge in [-0.05, 0) is 18.9 Å². The van der Waals surface area contributed by atoms with E-state index in [1.165, 1.54) is 0 Å². The van der Waals surface area contributed by atoms with Crippen LogP contribution in [-0.4, -0.2) is 17.7 Å². The summed E-state index contributed by atoms with van der Waals surface area (Å²) < 4.78 is 5.49. The molecular formula is C12H12O3. The topological polar surface area (TPSA) is 46.5 Å². The summed E-state index contributed by atoms with van der Waals surface area (Å²) in [7, 11) is 0. The fraction of sp³-hybridized carbons (Fsp3) is 0.250. The van der Waals surface area contributed by atoms with Crippen LogP contribution in [0.5, 0.6) is 5.75 Å². The van der Waals surface area contributed by atoms with E-state index in [-0.39, 0.29) is 5.56 Å². The van der Waals surface area contributed by atoms with Gasteiger partial charge >= 0.3 is 5.97 Å². The van der Waals surface area contributed by atoms with Crippen LogP contribution < -0.4 is 4.74 Å². The number of benzene rings is 1. The average Bonchev–Trinajstić information content (AvgIpc) is 2.17. The van der Waals surface area contributed by atoms with E-state index in [4.69, 9.17) is 9.84 Å². The summed E-state index contributed by atoms with van der Waals surface area (Å²) in [6, 6.07) is 5.16. The number of ether oxygens (including phenoxy) is 1. The SMILES string of the molecule is O=C(O)c1cccc2c1OCCCC=C2. The molecule has 0 bridgehead atoms. The van der Waals surface area contributed by atoms with E-state index in [1.807, 2.05) is 18.2 Å². The molecule has 0 atom stereocenters. The van der Waals surface area contributed by atoms with Gasteiger partial charge in [-0.1, -0.05) is 24.3 Å². The van der Waals surface area contributed by atoms with E-state index in [1.54, 1.807) is 12.1 Å². The minimum atomic E-state index is -0.944. The molecule has 0 radical (unpaired) electrons. The molecule has 3 nitrogen and oxygen atoms in total. The van der Waals surface area contributed by atoms with Crippen LogP contribution in [0, 0.1) is 0 Å². The van der Waals surface area contributed by atoms with Crippen molar-refractivity contribution in [3.8, 4) is 5.75 Å². The second-order valence-corrected chi connectivity index (χ2v) is 3.42. The van der Waals surface area contributed by atoms with Crippen LogP contribution >= 0.6 is 0 Å². The fourth-order valence-electron chi connectivity index (χ4n) is 1.60. The Hall–Kier alpha value is -1.77. The first-order chi connectivity index (χ1) is 7.29. The minimum absolute atomic E-state index is 0.235. The molecule has 0 aromatic heterocycles. The maximum absolute atomic E-state index is 11.0. The van der Waals surface area contributed by atoms with E-state index in [0.29, 0.717) is 12.4 Å². The standard InChI is InChI=1S/C12H12O3/c13-12(14)10-7-4-6-9-5-2-1-3-8-15-11(9)10/h2,4-7H,1,3,8H2,(H,13,14). The Labute approximate surface area is 88.0 Å². The molecule has 0 aliphatic carbocycles. The van der Waals surface area contributed by atoms with Gasteiger partial charge in [-0.25, -0.2) is 4.79 Å². The van der Waals surface area contributed by atoms with Crippen molar-refractivity contribution in [3.63, 3.8) is 0 Å². The van der Waals surface area contributed by atoms with E-state index >= 15 is 0 Å². The van der Waals surface area contributed by atoms with Crippen molar-refractivity contribution in [1.82, 2.24) is 0 Å². The number of allylic oxidation sites excluding steroid dienone is 1. The first-order valence-electron chi connectivity index (χ1n) is 4.94. The number of hydrogen-bond donors (Lipinski definition) is 1. The largest absolute Gasteiger partial charge is 0.492 e. The Kier molecular flexibility index (Phi) is 2.72. The molecule has 78 valence electrons. The van der Waals surface area contributed by atoms with E-state index in [2.05, 4.69) is 0 Å². The third kappa shape index (κ3) is 2.01. The smallest absolute Gasteiger partial charge is 0.339 e. The van der Waals surface area contributed by atoms with E-state index < -0.39 is 5.97 Å². The molecule has 1 aliphatic rings. The van der Waals surface area contributed by atoms with E-state index in [0.717, 1.165) is 18.4 Å². The lowest BCUT2D eigenvalue weighted by Crippen LogP contribution is -2.06. The summed E-state index contributed by atoms with van der Waals surface area (Å²) >= 11 is 0. The van der Waals surface area contributed by atoms with Crippen LogP contribution in [0.3, 0.4) is 0 Å². The van der Waals surface area contributed by atoms with Crippen molar-refractivity contribution >= 4 is 12.0 Å². The number of aromatic carboxylic acids is 1. The molecule has 0 unspecified atom stereocenters. The van der Waals surface area contributed by atoms with Gasteiger partial charge in [0.15, 0.2) is 0 Å². The third-order valence-corrected chi connectivity index (χ3v) is 2.33. The van der Waals surface area contributed by atoms with Gasteiger partial charge in [0.2, 0.25) is 0 Å². The summed E-state index contributed by atoms with van der Waals surface area (Å²) in [6.07, 6.45) is 5.86. The normalized spacial score (nSPS) is 14.7. The zero-order valence-corrected chi connectivity index (χ0v) is 8.27. The summed E-state index contributed by atoms with van der Waals surface area (Å²) in [6.45, 7) is 0.571. The van der Waals surface area contributed by atoms with Gasteiger partial charge in [-0.3, -0.25) is 0 Å². The zero-order valence-electron chi connectivity index (χ0n) is 8.27. The van der Waals surface area contributed by atoms with Crippen LogP contribution in [0.25, 0.3) is 6.08 Å². The molecule has 1 aromatic carbocycles. The summed E-state index contributed by atoms with van der Waals surface area (Å²) in [5, 5.41) is 9.00. The lowest BCUT2D eigenvalue weighted by Gasteiger charge is -2.13. The van der Waals surface area contributed by atoms with Crippen molar-refractivity contribution in [3.05, 3.63) is 35.4 Å². The highest BCUT2D eigenvalue weighted by atomic mass is 16.5. The molecule has 0 fully saturated rings. The van der Waals surface area contributed by atoms with Gasteiger partial charge in [-0.15, -0.1) is 0 Å². The summed E-state index contributed by atoms with van der Waals surface area (Å²) in [5.74, 6) is -0.457. The van der Waals surface area contributed by atoms with Crippen LogP contribution in [0.2, 0.25) is 0 Å². The van der Waals surface area contributed by atoms with Gasteiger partial charge in [0.25, 0.3) is 0 Å². The Morgan fingerprint density at radius 2 is 2.27 bits per heavy atom. The van der Waals surface area contributed by atoms with Crippen molar-refractivity contribution in [1.29, 1.82) is 0 Å². The van der Waals surface area contributed by atoms with Gasteiger partial charge in [0, 0.05) is 5.56 Å². The molecule has 0 spiro atoms. The lowest BCUT2D eigenvalue weighted by atomic mass is 10.1. The van der Waals surface area contributed by atoms with Crippen LogP contribution in [0.1, 0.15) is 28.8 Å². The molecule has 3 heteroatoms. The van der Waals surface area contributed by atoms with Gasteiger partial charge < -0.3 is 9.84 Å². The first kappa shape index (κ1) is 9.77. The lowest BCUT2D eigenvalue weighted by molar-refractivity contribution is 0.0692. The highest BCUT2D eigenvalue weighted by Crippen LogP contribution is 2.27. The number of carboxylic acid groups (broad SMARTS) is 1. The van der Waals surface area contributed by atoms with Gasteiger partial charge in [0.05, 0.1) is 6.61 Å². The maximum atomic E-state index is 11.0. The zero-order chi connectivity index (χ0) is 10.7. The van der Waals surface area contributed by atoms with E-state index in [9.17, 15) is 4.79 Å². The molecule has 1 aliphatic heterocycles. The molecule has 15 heavy (non-hydrogen) atoms. The Bertz CT molecular complexity index is 407. The average molecular weight is 204 g/mol. The molecule has 1 N–H and O–H groups in total. The predicted molar refractivity (Wildman–Crippen MR) is 57.2 cm³/mol. The van der Waals surface area contributed by atoms with Gasteiger partial charge in [0.1, 0.15) is 11.3 Å². The molecular weight excluding hydrogens is 192 g/mol. The van der Waals surface area contributed by atoms with Crippen LogP contribution in [-0.2, 0) is 0 Å².